The van der Waals surface area contributed by atoms with Crippen molar-refractivity contribution >= 4 is 5.78 Å². The number of carbonyl (C=O) groups is 1. The largest absolute Gasteiger partial charge is 0.287 e. The molecule has 0 saturated carbocycles. The van der Waals surface area contributed by atoms with Crippen molar-refractivity contribution in [2.75, 3.05) is 0 Å². The van der Waals surface area contributed by atoms with Gasteiger partial charge in [0, 0.05) is 18.0 Å². The highest BCUT2D eigenvalue weighted by molar-refractivity contribution is 6.09. The topological polar surface area (TPSA) is 47.8 Å². The van der Waals surface area contributed by atoms with Crippen LogP contribution in [-0.4, -0.2) is 20.5 Å². The summed E-state index contributed by atoms with van der Waals surface area (Å²) < 4.78 is 1.65. The summed E-state index contributed by atoms with van der Waals surface area (Å²) in [6.45, 7) is 1.88. The summed E-state index contributed by atoms with van der Waals surface area (Å²) in [6, 6.07) is 13.1. The van der Waals surface area contributed by atoms with Crippen molar-refractivity contribution < 1.29 is 4.79 Å². The van der Waals surface area contributed by atoms with Crippen LogP contribution < -0.4 is 0 Å². The minimum Gasteiger partial charge on any atom is -0.287 e. The molecule has 0 saturated heterocycles. The number of ketones is 1. The molecule has 3 rings (SSSR count). The van der Waals surface area contributed by atoms with Crippen LogP contribution in [0.1, 0.15) is 21.6 Å². The van der Waals surface area contributed by atoms with Crippen LogP contribution in [0.5, 0.6) is 0 Å². The molecule has 0 aliphatic rings. The number of aromatic nitrogens is 3. The zero-order valence-corrected chi connectivity index (χ0v) is 11.0. The van der Waals surface area contributed by atoms with E-state index in [-0.39, 0.29) is 5.78 Å². The fourth-order valence-corrected chi connectivity index (χ4v) is 2.12. The van der Waals surface area contributed by atoms with Gasteiger partial charge in [-0.25, -0.2) is 4.68 Å². The minimum absolute atomic E-state index is 0.0498. The lowest BCUT2D eigenvalue weighted by atomic mass is 10.1. The first-order chi connectivity index (χ1) is 9.77. The summed E-state index contributed by atoms with van der Waals surface area (Å²) in [4.78, 5) is 16.6. The summed E-state index contributed by atoms with van der Waals surface area (Å²) in [5.41, 5.74) is 2.93. The Bertz CT molecular complexity index is 747. The number of aryl methyl sites for hydroxylation is 1. The molecule has 0 radical (unpaired) electrons. The third-order valence-corrected chi connectivity index (χ3v) is 3.14. The molecule has 0 bridgehead atoms. The van der Waals surface area contributed by atoms with E-state index in [9.17, 15) is 4.79 Å². The summed E-state index contributed by atoms with van der Waals surface area (Å²) in [6.07, 6.45) is 4.96. The Morgan fingerprint density at radius 3 is 2.60 bits per heavy atom. The molecular weight excluding hydrogens is 250 g/mol. The molecule has 4 nitrogen and oxygen atoms in total. The molecule has 3 aromatic rings. The van der Waals surface area contributed by atoms with Crippen molar-refractivity contribution in [3.05, 3.63) is 77.9 Å². The van der Waals surface area contributed by atoms with Crippen LogP contribution in [0.3, 0.4) is 0 Å². The Labute approximate surface area is 116 Å². The summed E-state index contributed by atoms with van der Waals surface area (Å²) >= 11 is 0. The normalized spacial score (nSPS) is 10.4. The number of nitrogens with zero attached hydrogens (tertiary/aromatic N) is 3. The monoisotopic (exact) mass is 263 g/mol. The molecule has 20 heavy (non-hydrogen) atoms. The van der Waals surface area contributed by atoms with E-state index in [0.717, 1.165) is 11.3 Å². The molecule has 1 aromatic carbocycles. The van der Waals surface area contributed by atoms with Crippen LogP contribution in [-0.2, 0) is 0 Å². The molecule has 0 amide bonds. The average Bonchev–Trinajstić information content (AvgIpc) is 2.97. The molecule has 0 atom stereocenters. The van der Waals surface area contributed by atoms with Crippen molar-refractivity contribution in [2.24, 2.45) is 0 Å². The second kappa shape index (κ2) is 5.09. The van der Waals surface area contributed by atoms with Crippen LogP contribution in [0, 0.1) is 6.92 Å². The second-order valence-electron chi connectivity index (χ2n) is 4.48. The molecule has 0 spiro atoms. The van der Waals surface area contributed by atoms with E-state index in [1.54, 1.807) is 35.4 Å². The van der Waals surface area contributed by atoms with E-state index in [1.807, 2.05) is 37.3 Å². The van der Waals surface area contributed by atoms with E-state index in [4.69, 9.17) is 0 Å². The fourth-order valence-electron chi connectivity index (χ4n) is 2.12. The number of para-hydroxylation sites is 1. The van der Waals surface area contributed by atoms with Crippen molar-refractivity contribution in [1.29, 1.82) is 0 Å². The molecular formula is C16H13N3O. The van der Waals surface area contributed by atoms with Crippen LogP contribution in [0.4, 0.5) is 0 Å². The zero-order chi connectivity index (χ0) is 13.9. The van der Waals surface area contributed by atoms with Gasteiger partial charge in [0.2, 0.25) is 5.78 Å². The first-order valence-electron chi connectivity index (χ1n) is 6.32. The lowest BCUT2D eigenvalue weighted by Crippen LogP contribution is -2.11. The van der Waals surface area contributed by atoms with E-state index in [1.165, 1.54) is 0 Å². The molecule has 2 aromatic heterocycles. The lowest BCUT2D eigenvalue weighted by Gasteiger charge is -2.08. The van der Waals surface area contributed by atoms with Gasteiger partial charge < -0.3 is 0 Å². The molecule has 0 aliphatic heterocycles. The Hall–Kier alpha value is -2.75. The van der Waals surface area contributed by atoms with Gasteiger partial charge in [-0.1, -0.05) is 18.2 Å². The molecule has 4 heteroatoms. The van der Waals surface area contributed by atoms with Crippen LogP contribution in [0.2, 0.25) is 0 Å². The molecule has 0 unspecified atom stereocenters. The van der Waals surface area contributed by atoms with Gasteiger partial charge in [0.25, 0.3) is 0 Å². The number of carbonyl (C=O) groups excluding carboxylic acids is 1. The van der Waals surface area contributed by atoms with Gasteiger partial charge >= 0.3 is 0 Å². The predicted octanol–water partition coefficient (Wildman–Crippen LogP) is 2.81. The van der Waals surface area contributed by atoms with Crippen molar-refractivity contribution in [2.45, 2.75) is 6.92 Å². The summed E-state index contributed by atoms with van der Waals surface area (Å²) in [5, 5.41) is 4.24. The standard InChI is InChI=1S/C16H13N3O/c1-12-11-17-9-7-14(12)16(20)15-8-10-18-19(15)13-5-3-2-4-6-13/h2-11H,1H3. The highest BCUT2D eigenvalue weighted by Gasteiger charge is 2.16. The van der Waals surface area contributed by atoms with Gasteiger partial charge in [0.05, 0.1) is 11.9 Å². The van der Waals surface area contributed by atoms with Crippen LogP contribution >= 0.6 is 0 Å². The van der Waals surface area contributed by atoms with E-state index < -0.39 is 0 Å². The van der Waals surface area contributed by atoms with Crippen molar-refractivity contribution in [1.82, 2.24) is 14.8 Å². The summed E-state index contributed by atoms with van der Waals surface area (Å²) in [7, 11) is 0. The number of hydrogen-bond acceptors (Lipinski definition) is 3. The Kier molecular flexibility index (Phi) is 3.13. The SMILES string of the molecule is Cc1cnccc1C(=O)c1ccnn1-c1ccccc1. The van der Waals surface area contributed by atoms with Crippen molar-refractivity contribution in [3.63, 3.8) is 0 Å². The molecule has 0 fully saturated rings. The fraction of sp³-hybridized carbons (Fsp3) is 0.0625. The smallest absolute Gasteiger partial charge is 0.211 e. The molecule has 0 N–H and O–H groups in total. The average molecular weight is 263 g/mol. The van der Waals surface area contributed by atoms with E-state index in [2.05, 4.69) is 10.1 Å². The maximum atomic E-state index is 12.6. The Morgan fingerprint density at radius 1 is 1.05 bits per heavy atom. The predicted molar refractivity (Wildman–Crippen MR) is 76.0 cm³/mol. The summed E-state index contributed by atoms with van der Waals surface area (Å²) in [5.74, 6) is -0.0498. The maximum absolute atomic E-state index is 12.6. The van der Waals surface area contributed by atoms with E-state index >= 15 is 0 Å². The first kappa shape index (κ1) is 12.3. The molecule has 98 valence electrons. The Balaban J connectivity index is 2.07. The van der Waals surface area contributed by atoms with Crippen LogP contribution in [0.25, 0.3) is 5.69 Å². The number of benzene rings is 1. The second-order valence-corrected chi connectivity index (χ2v) is 4.48. The van der Waals surface area contributed by atoms with Crippen LogP contribution in [0.15, 0.2) is 61.1 Å². The highest BCUT2D eigenvalue weighted by atomic mass is 16.1. The van der Waals surface area contributed by atoms with Gasteiger partial charge in [0.15, 0.2) is 0 Å². The Morgan fingerprint density at radius 2 is 1.85 bits per heavy atom. The van der Waals surface area contributed by atoms with Crippen molar-refractivity contribution in [3.8, 4) is 5.69 Å². The highest BCUT2D eigenvalue weighted by Crippen LogP contribution is 2.16. The lowest BCUT2D eigenvalue weighted by molar-refractivity contribution is 0.103. The van der Waals surface area contributed by atoms with E-state index in [0.29, 0.717) is 11.3 Å². The van der Waals surface area contributed by atoms with Gasteiger partial charge in [0.1, 0.15) is 5.69 Å². The first-order valence-corrected chi connectivity index (χ1v) is 6.32. The quantitative estimate of drug-likeness (QED) is 0.683. The third kappa shape index (κ3) is 2.12. The van der Waals surface area contributed by atoms with Gasteiger partial charge in [-0.2, -0.15) is 5.10 Å². The minimum atomic E-state index is -0.0498. The number of hydrogen-bond donors (Lipinski definition) is 0. The number of pyridine rings is 1. The molecule has 0 aliphatic carbocycles. The van der Waals surface area contributed by atoms with Gasteiger partial charge in [-0.05, 0) is 36.8 Å². The third-order valence-electron chi connectivity index (χ3n) is 3.14. The maximum Gasteiger partial charge on any atom is 0.211 e. The van der Waals surface area contributed by atoms with Gasteiger partial charge in [-0.15, -0.1) is 0 Å². The zero-order valence-electron chi connectivity index (χ0n) is 11.0. The van der Waals surface area contributed by atoms with Gasteiger partial charge in [-0.3, -0.25) is 9.78 Å². The molecule has 2 heterocycles. The number of rotatable bonds is 3.